The third-order valence-corrected chi connectivity index (χ3v) is 3.78. The van der Waals surface area contributed by atoms with Crippen molar-refractivity contribution in [2.24, 2.45) is 11.7 Å². The van der Waals surface area contributed by atoms with Gasteiger partial charge in [-0.1, -0.05) is 12.5 Å². The fourth-order valence-electron chi connectivity index (χ4n) is 2.81. The van der Waals surface area contributed by atoms with Gasteiger partial charge in [-0.15, -0.1) is 0 Å². The largest absolute Gasteiger partial charge is 0.487 e. The number of rotatable bonds is 6. The second-order valence-electron chi connectivity index (χ2n) is 5.02. The molecule has 0 spiro atoms. The molecule has 0 heterocycles. The van der Waals surface area contributed by atoms with Gasteiger partial charge in [0, 0.05) is 6.04 Å². The van der Waals surface area contributed by atoms with Gasteiger partial charge in [-0.05, 0) is 44.4 Å². The molecule has 1 aromatic carbocycles. The Morgan fingerprint density at radius 1 is 1.50 bits per heavy atom. The topological polar surface area (TPSA) is 90.4 Å². The molecule has 0 aliphatic heterocycles. The summed E-state index contributed by atoms with van der Waals surface area (Å²) in [4.78, 5) is 10.9. The van der Waals surface area contributed by atoms with Gasteiger partial charge in [0.15, 0.2) is 5.75 Å². The van der Waals surface area contributed by atoms with Crippen LogP contribution in [0.4, 0.5) is 11.4 Å². The molecule has 0 aromatic heterocycles. The molecule has 1 saturated carbocycles. The number of nitrogens with two attached hydrogens (primary N) is 1. The first-order chi connectivity index (χ1) is 9.67. The van der Waals surface area contributed by atoms with Gasteiger partial charge in [0.05, 0.1) is 11.5 Å². The van der Waals surface area contributed by atoms with E-state index in [4.69, 9.17) is 10.5 Å². The minimum atomic E-state index is -0.389. The van der Waals surface area contributed by atoms with Crippen LogP contribution in [-0.4, -0.2) is 24.1 Å². The zero-order valence-electron chi connectivity index (χ0n) is 11.7. The third-order valence-electron chi connectivity index (χ3n) is 3.78. The fourth-order valence-corrected chi connectivity index (χ4v) is 2.81. The number of nitrogens with one attached hydrogen (secondary N) is 1. The minimum Gasteiger partial charge on any atom is -0.487 e. The number of nitrogens with zero attached hydrogens (tertiary/aromatic N) is 1. The third kappa shape index (κ3) is 3.01. The SMILES string of the molecule is CCOc1cccc(NC2CCCC2CN)c1[N+](=O)[O-]. The molecule has 6 nitrogen and oxygen atoms in total. The summed E-state index contributed by atoms with van der Waals surface area (Å²) in [5.74, 6) is 0.690. The van der Waals surface area contributed by atoms with E-state index >= 15 is 0 Å². The van der Waals surface area contributed by atoms with Crippen molar-refractivity contribution in [3.05, 3.63) is 28.3 Å². The summed E-state index contributed by atoms with van der Waals surface area (Å²) in [6.07, 6.45) is 3.18. The highest BCUT2D eigenvalue weighted by atomic mass is 16.6. The zero-order valence-corrected chi connectivity index (χ0v) is 11.7. The summed E-state index contributed by atoms with van der Waals surface area (Å²) >= 11 is 0. The number of anilines is 1. The van der Waals surface area contributed by atoms with E-state index in [1.165, 1.54) is 0 Å². The van der Waals surface area contributed by atoms with Crippen molar-refractivity contribution in [3.63, 3.8) is 0 Å². The van der Waals surface area contributed by atoms with E-state index in [0.29, 0.717) is 30.5 Å². The van der Waals surface area contributed by atoms with Gasteiger partial charge in [0.1, 0.15) is 5.69 Å². The second kappa shape index (κ2) is 6.56. The normalized spacial score (nSPS) is 21.7. The van der Waals surface area contributed by atoms with Crippen molar-refractivity contribution < 1.29 is 9.66 Å². The van der Waals surface area contributed by atoms with Crippen molar-refractivity contribution in [1.82, 2.24) is 0 Å². The van der Waals surface area contributed by atoms with Gasteiger partial charge < -0.3 is 15.8 Å². The second-order valence-corrected chi connectivity index (χ2v) is 5.02. The molecule has 1 fully saturated rings. The van der Waals surface area contributed by atoms with E-state index in [9.17, 15) is 10.1 Å². The Morgan fingerprint density at radius 2 is 2.30 bits per heavy atom. The number of para-hydroxylation sites is 1. The Kier molecular flexibility index (Phi) is 4.79. The van der Waals surface area contributed by atoms with E-state index in [0.717, 1.165) is 19.3 Å². The van der Waals surface area contributed by atoms with Crippen LogP contribution in [0.15, 0.2) is 18.2 Å². The molecule has 1 aromatic rings. The van der Waals surface area contributed by atoms with Crippen LogP contribution >= 0.6 is 0 Å². The quantitative estimate of drug-likeness (QED) is 0.617. The van der Waals surface area contributed by atoms with Crippen molar-refractivity contribution >= 4 is 11.4 Å². The molecule has 1 aliphatic carbocycles. The van der Waals surface area contributed by atoms with Crippen LogP contribution in [-0.2, 0) is 0 Å². The van der Waals surface area contributed by atoms with Crippen LogP contribution in [0.2, 0.25) is 0 Å². The molecule has 0 bridgehead atoms. The fraction of sp³-hybridized carbons (Fsp3) is 0.571. The van der Waals surface area contributed by atoms with Crippen molar-refractivity contribution in [2.45, 2.75) is 32.2 Å². The Labute approximate surface area is 118 Å². The van der Waals surface area contributed by atoms with E-state index in [1.54, 1.807) is 18.2 Å². The predicted octanol–water partition coefficient (Wildman–Crippen LogP) is 2.53. The minimum absolute atomic E-state index is 0.0111. The zero-order chi connectivity index (χ0) is 14.5. The maximum Gasteiger partial charge on any atom is 0.333 e. The smallest absolute Gasteiger partial charge is 0.333 e. The van der Waals surface area contributed by atoms with E-state index in [2.05, 4.69) is 5.32 Å². The van der Waals surface area contributed by atoms with Crippen LogP contribution in [0.3, 0.4) is 0 Å². The van der Waals surface area contributed by atoms with E-state index in [1.807, 2.05) is 6.92 Å². The molecule has 110 valence electrons. The van der Waals surface area contributed by atoms with Gasteiger partial charge >= 0.3 is 5.69 Å². The standard InChI is InChI=1S/C14H21N3O3/c1-2-20-13-8-4-7-12(14(13)17(18)19)16-11-6-3-5-10(11)9-15/h4,7-8,10-11,16H,2-3,5-6,9,15H2,1H3. The molecule has 20 heavy (non-hydrogen) atoms. The van der Waals surface area contributed by atoms with Gasteiger partial charge in [0.2, 0.25) is 0 Å². The molecule has 0 radical (unpaired) electrons. The number of hydrogen-bond acceptors (Lipinski definition) is 5. The van der Waals surface area contributed by atoms with Crippen LogP contribution in [0.5, 0.6) is 5.75 Å². The maximum absolute atomic E-state index is 11.3. The lowest BCUT2D eigenvalue weighted by Crippen LogP contribution is -2.29. The highest BCUT2D eigenvalue weighted by Crippen LogP contribution is 2.37. The molecule has 2 rings (SSSR count). The Hall–Kier alpha value is -1.82. The molecule has 2 atom stereocenters. The number of ether oxygens (including phenoxy) is 1. The highest BCUT2D eigenvalue weighted by molar-refractivity contribution is 5.68. The van der Waals surface area contributed by atoms with Gasteiger partial charge in [-0.3, -0.25) is 10.1 Å². The lowest BCUT2D eigenvalue weighted by Gasteiger charge is -2.21. The molecule has 3 N–H and O–H groups in total. The van der Waals surface area contributed by atoms with E-state index in [-0.39, 0.29) is 16.7 Å². The van der Waals surface area contributed by atoms with Crippen molar-refractivity contribution in [1.29, 1.82) is 0 Å². The highest BCUT2D eigenvalue weighted by Gasteiger charge is 2.29. The first-order valence-corrected chi connectivity index (χ1v) is 7.04. The Balaban J connectivity index is 2.26. The Bertz CT molecular complexity index is 479. The summed E-state index contributed by atoms with van der Waals surface area (Å²) < 4.78 is 5.35. The number of benzene rings is 1. The number of nitro benzene ring substituents is 1. The van der Waals surface area contributed by atoms with Crippen LogP contribution in [0.1, 0.15) is 26.2 Å². The van der Waals surface area contributed by atoms with Crippen LogP contribution in [0.25, 0.3) is 0 Å². The van der Waals surface area contributed by atoms with Gasteiger partial charge in [-0.2, -0.15) is 0 Å². The molecular weight excluding hydrogens is 258 g/mol. The molecule has 1 aliphatic rings. The van der Waals surface area contributed by atoms with Gasteiger partial charge in [-0.25, -0.2) is 0 Å². The Morgan fingerprint density at radius 3 is 2.95 bits per heavy atom. The van der Waals surface area contributed by atoms with Gasteiger partial charge in [0.25, 0.3) is 0 Å². The lowest BCUT2D eigenvalue weighted by atomic mass is 10.0. The lowest BCUT2D eigenvalue weighted by molar-refractivity contribution is -0.385. The summed E-state index contributed by atoms with van der Waals surface area (Å²) in [7, 11) is 0. The monoisotopic (exact) mass is 279 g/mol. The average molecular weight is 279 g/mol. The molecule has 2 unspecified atom stereocenters. The summed E-state index contributed by atoms with van der Waals surface area (Å²) in [6, 6.07) is 5.33. The predicted molar refractivity (Wildman–Crippen MR) is 78.1 cm³/mol. The first-order valence-electron chi connectivity index (χ1n) is 7.04. The number of hydrogen-bond donors (Lipinski definition) is 2. The molecule has 0 saturated heterocycles. The molecular formula is C14H21N3O3. The summed E-state index contributed by atoms with van der Waals surface area (Å²) in [5.41, 5.74) is 6.29. The van der Waals surface area contributed by atoms with Crippen LogP contribution in [0, 0.1) is 16.0 Å². The molecule has 0 amide bonds. The van der Waals surface area contributed by atoms with Crippen LogP contribution < -0.4 is 15.8 Å². The first kappa shape index (κ1) is 14.6. The summed E-state index contributed by atoms with van der Waals surface area (Å²) in [6.45, 7) is 2.82. The van der Waals surface area contributed by atoms with Crippen molar-refractivity contribution in [2.75, 3.05) is 18.5 Å². The van der Waals surface area contributed by atoms with E-state index < -0.39 is 0 Å². The number of nitro groups is 1. The maximum atomic E-state index is 11.3. The average Bonchev–Trinajstić information content (AvgIpc) is 2.86. The molecule has 6 heteroatoms. The van der Waals surface area contributed by atoms with Crippen molar-refractivity contribution in [3.8, 4) is 5.75 Å². The summed E-state index contributed by atoms with van der Waals surface area (Å²) in [5, 5.41) is 14.6.